The van der Waals surface area contributed by atoms with Gasteiger partial charge in [-0.05, 0) is 19.8 Å². The zero-order chi connectivity index (χ0) is 7.98. The fourth-order valence-corrected chi connectivity index (χ4v) is 0.655. The number of carbonyl (C=O) groups excluding carboxylic acids is 1. The van der Waals surface area contributed by atoms with Gasteiger partial charge < -0.3 is 5.73 Å². The smallest absolute Gasteiger partial charge is 0.220 e. The van der Waals surface area contributed by atoms with Gasteiger partial charge in [0.05, 0.1) is 0 Å². The summed E-state index contributed by atoms with van der Waals surface area (Å²) >= 11 is 0. The van der Waals surface area contributed by atoms with Gasteiger partial charge in [0.25, 0.3) is 0 Å². The van der Waals surface area contributed by atoms with Crippen LogP contribution in [0, 0.1) is 5.92 Å². The molecule has 0 saturated heterocycles. The molecule has 0 saturated carbocycles. The van der Waals surface area contributed by atoms with Crippen molar-refractivity contribution in [2.24, 2.45) is 11.7 Å². The Hall–Kier alpha value is -0.790. The molecule has 10 heavy (non-hydrogen) atoms. The maximum absolute atomic E-state index is 10.5. The van der Waals surface area contributed by atoms with Crippen LogP contribution >= 0.6 is 0 Å². The Balaban J connectivity index is 3.39. The van der Waals surface area contributed by atoms with E-state index in [1.807, 2.05) is 26.0 Å². The summed E-state index contributed by atoms with van der Waals surface area (Å²) in [6.07, 6.45) is 5.83. The molecule has 0 aromatic rings. The molecule has 0 aliphatic carbocycles. The van der Waals surface area contributed by atoms with Crippen LogP contribution in [0.4, 0.5) is 0 Å². The zero-order valence-corrected chi connectivity index (χ0v) is 6.63. The van der Waals surface area contributed by atoms with Crippen molar-refractivity contribution in [2.45, 2.75) is 26.7 Å². The van der Waals surface area contributed by atoms with Gasteiger partial charge in [0.1, 0.15) is 0 Å². The molecule has 2 heteroatoms. The van der Waals surface area contributed by atoms with Crippen molar-refractivity contribution in [3.63, 3.8) is 0 Å². The molecule has 0 spiro atoms. The van der Waals surface area contributed by atoms with E-state index in [1.54, 1.807) is 0 Å². The normalized spacial score (nSPS) is 13.8. The molecule has 0 aliphatic rings. The summed E-state index contributed by atoms with van der Waals surface area (Å²) in [6.45, 7) is 3.82. The average Bonchev–Trinajstić information content (AvgIpc) is 1.88. The number of primary amides is 1. The molecule has 0 radical (unpaired) electrons. The number of carbonyl (C=O) groups is 1. The molecule has 0 rings (SSSR count). The van der Waals surface area contributed by atoms with Gasteiger partial charge in [0.2, 0.25) is 5.91 Å². The predicted molar refractivity (Wildman–Crippen MR) is 42.4 cm³/mol. The lowest BCUT2D eigenvalue weighted by Gasteiger charge is -2.02. The van der Waals surface area contributed by atoms with Crippen LogP contribution in [0.3, 0.4) is 0 Å². The number of nitrogens with two attached hydrogens (primary N) is 1. The van der Waals surface area contributed by atoms with E-state index in [4.69, 9.17) is 5.73 Å². The van der Waals surface area contributed by atoms with Gasteiger partial charge in [-0.3, -0.25) is 4.79 Å². The van der Waals surface area contributed by atoms with Crippen molar-refractivity contribution >= 4 is 5.91 Å². The molecule has 1 atom stereocenters. The van der Waals surface area contributed by atoms with Crippen LogP contribution in [0.5, 0.6) is 0 Å². The van der Waals surface area contributed by atoms with Crippen molar-refractivity contribution in [2.75, 3.05) is 0 Å². The number of amides is 1. The third-order valence-electron chi connectivity index (χ3n) is 1.49. The molecular formula is C8H15NO. The monoisotopic (exact) mass is 141 g/mol. The quantitative estimate of drug-likeness (QED) is 0.592. The molecule has 0 aromatic carbocycles. The van der Waals surface area contributed by atoms with Crippen molar-refractivity contribution in [1.82, 2.24) is 0 Å². The number of rotatable bonds is 4. The second-order valence-corrected chi connectivity index (χ2v) is 2.45. The molecule has 58 valence electrons. The Morgan fingerprint density at radius 3 is 2.70 bits per heavy atom. The van der Waals surface area contributed by atoms with E-state index in [1.165, 1.54) is 0 Å². The second kappa shape index (κ2) is 5.03. The fourth-order valence-electron chi connectivity index (χ4n) is 0.655. The molecule has 1 amide bonds. The van der Waals surface area contributed by atoms with E-state index in [0.717, 1.165) is 12.8 Å². The van der Waals surface area contributed by atoms with Crippen LogP contribution < -0.4 is 5.73 Å². The summed E-state index contributed by atoms with van der Waals surface area (Å²) < 4.78 is 0. The largest absolute Gasteiger partial charge is 0.369 e. The molecule has 1 unspecified atom stereocenters. The highest BCUT2D eigenvalue weighted by atomic mass is 16.1. The molecule has 0 aliphatic heterocycles. The third-order valence-corrected chi connectivity index (χ3v) is 1.49. The SMILES string of the molecule is C/C=C\CCC(C)C(N)=O. The van der Waals surface area contributed by atoms with E-state index < -0.39 is 0 Å². The van der Waals surface area contributed by atoms with Crippen LogP contribution in [-0.4, -0.2) is 5.91 Å². The Morgan fingerprint density at radius 1 is 1.70 bits per heavy atom. The van der Waals surface area contributed by atoms with E-state index >= 15 is 0 Å². The first-order valence-electron chi connectivity index (χ1n) is 3.59. The van der Waals surface area contributed by atoms with Crippen molar-refractivity contribution in [3.05, 3.63) is 12.2 Å². The van der Waals surface area contributed by atoms with Crippen molar-refractivity contribution < 1.29 is 4.79 Å². The van der Waals surface area contributed by atoms with Gasteiger partial charge in [0, 0.05) is 5.92 Å². The van der Waals surface area contributed by atoms with Gasteiger partial charge in [0.15, 0.2) is 0 Å². The van der Waals surface area contributed by atoms with Crippen LogP contribution in [0.2, 0.25) is 0 Å². The van der Waals surface area contributed by atoms with Gasteiger partial charge >= 0.3 is 0 Å². The van der Waals surface area contributed by atoms with E-state index in [9.17, 15) is 4.79 Å². The zero-order valence-electron chi connectivity index (χ0n) is 6.63. The van der Waals surface area contributed by atoms with E-state index in [-0.39, 0.29) is 11.8 Å². The third kappa shape index (κ3) is 4.13. The van der Waals surface area contributed by atoms with E-state index in [2.05, 4.69) is 0 Å². The standard InChI is InChI=1S/C8H15NO/c1-3-4-5-6-7(2)8(9)10/h3-4,7H,5-6H2,1-2H3,(H2,9,10)/b4-3-. The lowest BCUT2D eigenvalue weighted by molar-refractivity contribution is -0.121. The minimum absolute atomic E-state index is 0.0104. The molecular weight excluding hydrogens is 126 g/mol. The highest BCUT2D eigenvalue weighted by molar-refractivity contribution is 5.76. The highest BCUT2D eigenvalue weighted by Gasteiger charge is 2.05. The van der Waals surface area contributed by atoms with Crippen molar-refractivity contribution in [1.29, 1.82) is 0 Å². The summed E-state index contributed by atoms with van der Waals surface area (Å²) in [5.74, 6) is -0.194. The summed E-state index contributed by atoms with van der Waals surface area (Å²) in [7, 11) is 0. The Kier molecular flexibility index (Phi) is 4.63. The fraction of sp³-hybridized carbons (Fsp3) is 0.625. The second-order valence-electron chi connectivity index (χ2n) is 2.45. The summed E-state index contributed by atoms with van der Waals surface area (Å²) in [5.41, 5.74) is 5.06. The topological polar surface area (TPSA) is 43.1 Å². The van der Waals surface area contributed by atoms with Gasteiger partial charge in [-0.15, -0.1) is 0 Å². The lowest BCUT2D eigenvalue weighted by Crippen LogP contribution is -2.20. The molecule has 0 heterocycles. The molecule has 0 fully saturated rings. The Morgan fingerprint density at radius 2 is 2.30 bits per heavy atom. The van der Waals surface area contributed by atoms with Gasteiger partial charge in [-0.1, -0.05) is 19.1 Å². The van der Waals surface area contributed by atoms with Crippen LogP contribution in [0.15, 0.2) is 12.2 Å². The molecule has 0 aromatic heterocycles. The maximum atomic E-state index is 10.5. The molecule has 2 N–H and O–H groups in total. The molecule has 0 bridgehead atoms. The first kappa shape index (κ1) is 9.21. The van der Waals surface area contributed by atoms with Crippen molar-refractivity contribution in [3.8, 4) is 0 Å². The van der Waals surface area contributed by atoms with Crippen LogP contribution in [0.1, 0.15) is 26.7 Å². The summed E-state index contributed by atoms with van der Waals surface area (Å²) in [4.78, 5) is 10.5. The predicted octanol–water partition coefficient (Wildman–Crippen LogP) is 1.46. The summed E-state index contributed by atoms with van der Waals surface area (Å²) in [5, 5.41) is 0. The van der Waals surface area contributed by atoms with Gasteiger partial charge in [-0.25, -0.2) is 0 Å². The number of hydrogen-bond acceptors (Lipinski definition) is 1. The van der Waals surface area contributed by atoms with Crippen LogP contribution in [0.25, 0.3) is 0 Å². The summed E-state index contributed by atoms with van der Waals surface area (Å²) in [6, 6.07) is 0. The Bertz CT molecular complexity index is 129. The maximum Gasteiger partial charge on any atom is 0.220 e. The lowest BCUT2D eigenvalue weighted by atomic mass is 10.1. The van der Waals surface area contributed by atoms with Gasteiger partial charge in [-0.2, -0.15) is 0 Å². The van der Waals surface area contributed by atoms with Crippen LogP contribution in [-0.2, 0) is 4.79 Å². The first-order chi connectivity index (χ1) is 4.68. The minimum atomic E-state index is -0.204. The Labute approximate surface area is 62.1 Å². The highest BCUT2D eigenvalue weighted by Crippen LogP contribution is 2.04. The van der Waals surface area contributed by atoms with E-state index in [0.29, 0.717) is 0 Å². The molecule has 2 nitrogen and oxygen atoms in total. The number of hydrogen-bond donors (Lipinski definition) is 1. The number of allylic oxidation sites excluding steroid dienone is 2. The first-order valence-corrected chi connectivity index (χ1v) is 3.59. The average molecular weight is 141 g/mol. The minimum Gasteiger partial charge on any atom is -0.369 e.